The average Bonchev–Trinajstić information content (AvgIpc) is 3.81. The number of rotatable bonds is 4. The molecule has 1 saturated heterocycles. The van der Waals surface area contributed by atoms with Crippen LogP contribution in [0.25, 0.3) is 16.6 Å². The molecule has 208 valence electrons. The van der Waals surface area contributed by atoms with Crippen LogP contribution in [0.4, 0.5) is 5.69 Å². The molecule has 3 aromatic rings. The van der Waals surface area contributed by atoms with Gasteiger partial charge in [0.2, 0.25) is 0 Å². The smallest absolute Gasteiger partial charge is 0.168 e. The number of piperidine rings is 1. The first-order valence-corrected chi connectivity index (χ1v) is 14.3. The molecule has 2 fully saturated rings. The van der Waals surface area contributed by atoms with Gasteiger partial charge in [-0.2, -0.15) is 0 Å². The van der Waals surface area contributed by atoms with Crippen LogP contribution in [0.3, 0.4) is 0 Å². The molecular weight excluding hydrogens is 484 g/mol. The minimum absolute atomic E-state index is 0.00403. The largest absolute Gasteiger partial charge is 0.494 e. The number of anilines is 1. The molecule has 3 aliphatic rings. The van der Waals surface area contributed by atoms with E-state index in [1.807, 2.05) is 38.1 Å². The number of para-hydroxylation sites is 1. The van der Waals surface area contributed by atoms with Crippen LogP contribution >= 0.6 is 0 Å². The zero-order chi connectivity index (χ0) is 28.2. The Morgan fingerprint density at radius 3 is 2.44 bits per heavy atom. The summed E-state index contributed by atoms with van der Waals surface area (Å²) in [6, 6.07) is 14.5. The molecular formula is C33H44N4O2. The number of ether oxygens (including phenoxy) is 1. The number of nitrogens with one attached hydrogen (secondary N) is 2. The third kappa shape index (κ3) is 6.27. The highest BCUT2D eigenvalue weighted by Crippen LogP contribution is 2.44. The quantitative estimate of drug-likeness (QED) is 0.350. The molecule has 0 radical (unpaired) electrons. The van der Waals surface area contributed by atoms with Crippen molar-refractivity contribution in [2.24, 2.45) is 0 Å². The van der Waals surface area contributed by atoms with Crippen molar-refractivity contribution in [1.82, 2.24) is 15.2 Å². The van der Waals surface area contributed by atoms with Crippen molar-refractivity contribution in [1.29, 1.82) is 0 Å². The molecule has 6 heteroatoms. The van der Waals surface area contributed by atoms with Crippen LogP contribution in [0.15, 0.2) is 49.0 Å². The van der Waals surface area contributed by atoms with Crippen molar-refractivity contribution in [2.45, 2.75) is 70.9 Å². The molecule has 1 aliphatic carbocycles. The second kappa shape index (κ2) is 12.2. The molecule has 0 amide bonds. The number of aromatic nitrogens is 1. The molecule has 0 atom stereocenters. The first-order chi connectivity index (χ1) is 18.8. The van der Waals surface area contributed by atoms with Gasteiger partial charge < -0.3 is 20.3 Å². The number of methoxy groups -OCH3 is 1. The Morgan fingerprint density at radius 1 is 1.10 bits per heavy atom. The Balaban J connectivity index is 0.000000172. The minimum atomic E-state index is -0.00403. The molecule has 1 saturated carbocycles. The Morgan fingerprint density at radius 2 is 1.82 bits per heavy atom. The van der Waals surface area contributed by atoms with Crippen molar-refractivity contribution >= 4 is 28.6 Å². The first-order valence-electron chi connectivity index (χ1n) is 14.3. The van der Waals surface area contributed by atoms with Gasteiger partial charge in [-0.3, -0.25) is 4.79 Å². The molecule has 0 unspecified atom stereocenters. The Labute approximate surface area is 233 Å². The summed E-state index contributed by atoms with van der Waals surface area (Å²) >= 11 is 0. The van der Waals surface area contributed by atoms with E-state index in [9.17, 15) is 4.79 Å². The van der Waals surface area contributed by atoms with E-state index in [0.717, 1.165) is 54.6 Å². The summed E-state index contributed by atoms with van der Waals surface area (Å²) in [5.41, 5.74) is 7.39. The van der Waals surface area contributed by atoms with Gasteiger partial charge in [-0.15, -0.1) is 0 Å². The summed E-state index contributed by atoms with van der Waals surface area (Å²) in [6.45, 7) is 15.0. The highest BCUT2D eigenvalue weighted by Gasteiger charge is 2.37. The van der Waals surface area contributed by atoms with Crippen LogP contribution in [-0.2, 0) is 0 Å². The number of hydrogen-bond donors (Lipinski definition) is 2. The standard InChI is InChI=1S/C17H25N3.C14H13NO2.C2H6/c1-12(2)14-5-6-16-15(11-14)13(3)18-17(19-16)7-9-20(4)10-8-17;1-17-13-4-2-3-11-12(9-5-6-9)7-10(8-16)15-14(11)13;1-2/h5-6,11-12,18-19H,3,7-10H2,1-2,4H3;2-4,7-9H,5-6H2,1H3;1-2H3. The highest BCUT2D eigenvalue weighted by molar-refractivity contribution is 5.91. The van der Waals surface area contributed by atoms with E-state index in [-0.39, 0.29) is 5.66 Å². The minimum Gasteiger partial charge on any atom is -0.494 e. The fourth-order valence-corrected chi connectivity index (χ4v) is 5.40. The molecule has 1 spiro atoms. The van der Waals surface area contributed by atoms with E-state index in [1.54, 1.807) is 7.11 Å². The van der Waals surface area contributed by atoms with E-state index in [0.29, 0.717) is 17.5 Å². The number of fused-ring (bicyclic) bond motifs is 2. The zero-order valence-corrected chi connectivity index (χ0v) is 24.4. The van der Waals surface area contributed by atoms with Crippen LogP contribution in [-0.4, -0.2) is 49.1 Å². The van der Waals surface area contributed by atoms with Crippen molar-refractivity contribution < 1.29 is 9.53 Å². The number of benzene rings is 2. The number of carbonyl (C=O) groups is 1. The summed E-state index contributed by atoms with van der Waals surface area (Å²) in [4.78, 5) is 17.7. The van der Waals surface area contributed by atoms with Crippen LogP contribution in [0.1, 0.15) is 92.4 Å². The lowest BCUT2D eigenvalue weighted by molar-refractivity contribution is 0.111. The molecule has 3 heterocycles. The number of likely N-dealkylation sites (tertiary alicyclic amines) is 1. The SMILES string of the molecule is C=C1NC2(CCN(C)CC2)Nc2ccc(C(C)C)cc21.CC.COc1cccc2c(C3CC3)cc(C=O)nc12. The van der Waals surface area contributed by atoms with E-state index in [4.69, 9.17) is 4.74 Å². The van der Waals surface area contributed by atoms with Gasteiger partial charge >= 0.3 is 0 Å². The van der Waals surface area contributed by atoms with E-state index in [2.05, 4.69) is 66.2 Å². The van der Waals surface area contributed by atoms with Crippen LogP contribution in [0.5, 0.6) is 5.75 Å². The second-order valence-electron chi connectivity index (χ2n) is 11.0. The lowest BCUT2D eigenvalue weighted by Gasteiger charge is -2.47. The fraction of sp³-hybridized carbons (Fsp3) is 0.455. The molecule has 6 rings (SSSR count). The monoisotopic (exact) mass is 528 g/mol. The third-order valence-corrected chi connectivity index (χ3v) is 7.85. The van der Waals surface area contributed by atoms with Crippen molar-refractivity contribution in [3.63, 3.8) is 0 Å². The molecule has 39 heavy (non-hydrogen) atoms. The van der Waals surface area contributed by atoms with Gasteiger partial charge in [0.25, 0.3) is 0 Å². The summed E-state index contributed by atoms with van der Waals surface area (Å²) in [7, 11) is 3.81. The van der Waals surface area contributed by atoms with Crippen LogP contribution in [0.2, 0.25) is 0 Å². The average molecular weight is 529 g/mol. The highest BCUT2D eigenvalue weighted by atomic mass is 16.5. The maximum atomic E-state index is 10.9. The zero-order valence-electron chi connectivity index (χ0n) is 24.4. The van der Waals surface area contributed by atoms with Gasteiger partial charge in [0.15, 0.2) is 6.29 Å². The molecule has 2 aromatic carbocycles. The Kier molecular flexibility index (Phi) is 8.96. The van der Waals surface area contributed by atoms with Gasteiger partial charge in [0.05, 0.1) is 7.11 Å². The number of carbonyl (C=O) groups excluding carboxylic acids is 1. The van der Waals surface area contributed by atoms with Gasteiger partial charge in [-0.25, -0.2) is 4.98 Å². The molecule has 0 bridgehead atoms. The van der Waals surface area contributed by atoms with Crippen LogP contribution in [0, 0.1) is 0 Å². The van der Waals surface area contributed by atoms with Gasteiger partial charge in [-0.05, 0) is 67.1 Å². The molecule has 2 N–H and O–H groups in total. The fourth-order valence-electron chi connectivity index (χ4n) is 5.40. The molecule has 1 aromatic heterocycles. The Hall–Kier alpha value is -3.38. The molecule has 2 aliphatic heterocycles. The van der Waals surface area contributed by atoms with E-state index >= 15 is 0 Å². The molecule has 6 nitrogen and oxygen atoms in total. The second-order valence-corrected chi connectivity index (χ2v) is 11.0. The van der Waals surface area contributed by atoms with E-state index < -0.39 is 0 Å². The van der Waals surface area contributed by atoms with Gasteiger partial charge in [0, 0.05) is 48.3 Å². The number of pyridine rings is 1. The maximum absolute atomic E-state index is 10.9. The predicted octanol–water partition coefficient (Wildman–Crippen LogP) is 7.18. The van der Waals surface area contributed by atoms with Crippen molar-refractivity contribution in [2.75, 3.05) is 32.6 Å². The van der Waals surface area contributed by atoms with Gasteiger partial charge in [0.1, 0.15) is 22.6 Å². The Bertz CT molecular complexity index is 1320. The van der Waals surface area contributed by atoms with Crippen molar-refractivity contribution in [3.05, 3.63) is 71.4 Å². The normalized spacial score (nSPS) is 17.7. The summed E-state index contributed by atoms with van der Waals surface area (Å²) in [5.74, 6) is 1.87. The number of hydrogen-bond acceptors (Lipinski definition) is 6. The van der Waals surface area contributed by atoms with Crippen LogP contribution < -0.4 is 15.4 Å². The lowest BCUT2D eigenvalue weighted by Crippen LogP contribution is -2.58. The summed E-state index contributed by atoms with van der Waals surface area (Å²) in [6.07, 6.45) is 5.42. The van der Waals surface area contributed by atoms with Crippen molar-refractivity contribution in [3.8, 4) is 5.75 Å². The third-order valence-electron chi connectivity index (χ3n) is 7.85. The summed E-state index contributed by atoms with van der Waals surface area (Å²) in [5, 5.41) is 8.48. The van der Waals surface area contributed by atoms with Gasteiger partial charge in [-0.1, -0.05) is 52.5 Å². The predicted molar refractivity (Wildman–Crippen MR) is 163 cm³/mol. The number of aldehydes is 1. The lowest BCUT2D eigenvalue weighted by atomic mass is 9.90. The maximum Gasteiger partial charge on any atom is 0.168 e. The number of nitrogens with zero attached hydrogens (tertiary/aromatic N) is 2. The topological polar surface area (TPSA) is 66.5 Å². The first kappa shape index (κ1) is 28.6. The summed E-state index contributed by atoms with van der Waals surface area (Å²) < 4.78 is 5.30. The van der Waals surface area contributed by atoms with E-state index in [1.165, 1.54) is 35.2 Å².